The van der Waals surface area contributed by atoms with Gasteiger partial charge in [-0.2, -0.15) is 0 Å². The maximum absolute atomic E-state index is 6.88. The summed E-state index contributed by atoms with van der Waals surface area (Å²) in [5, 5.41) is 0. The summed E-state index contributed by atoms with van der Waals surface area (Å²) >= 11 is 0. The van der Waals surface area contributed by atoms with Crippen molar-refractivity contribution in [3.8, 4) is 0 Å². The number of rotatable bonds is 0. The quantitative estimate of drug-likeness (QED) is 0.408. The van der Waals surface area contributed by atoms with Crippen molar-refractivity contribution in [3.05, 3.63) is 105 Å². The molecule has 178 valence electrons. The highest BCUT2D eigenvalue weighted by Crippen LogP contribution is 2.76. The number of ether oxygens (including phenoxy) is 2. The van der Waals surface area contributed by atoms with Crippen molar-refractivity contribution in [1.82, 2.24) is 9.80 Å². The lowest BCUT2D eigenvalue weighted by atomic mass is 9.64. The van der Waals surface area contributed by atoms with Crippen molar-refractivity contribution < 1.29 is 9.47 Å². The summed E-state index contributed by atoms with van der Waals surface area (Å²) in [5.41, 5.74) is 12.1. The predicted octanol–water partition coefficient (Wildman–Crippen LogP) is 5.89. The third-order valence-corrected chi connectivity index (χ3v) is 11.9. The summed E-state index contributed by atoms with van der Waals surface area (Å²) in [6, 6.07) is 25.3. The SMILES string of the molecule is CN1C2c3ccccc3C1C1C3OC(c4cc5c(cc43)C3OC5C4C3C3c5ccccc5C4N3C)C12. The second-order valence-corrected chi connectivity index (χ2v) is 12.7. The molecule has 4 heteroatoms. The lowest BCUT2D eigenvalue weighted by Gasteiger charge is -2.35. The lowest BCUT2D eigenvalue weighted by Crippen LogP contribution is -2.29. The molecule has 0 N–H and O–H groups in total. The second-order valence-electron chi connectivity index (χ2n) is 12.7. The largest absolute Gasteiger partial charge is 0.365 e. The van der Waals surface area contributed by atoms with E-state index < -0.39 is 0 Å². The van der Waals surface area contributed by atoms with Crippen LogP contribution >= 0.6 is 0 Å². The third kappa shape index (κ3) is 1.69. The molecule has 0 amide bonds. The molecule has 0 saturated carbocycles. The van der Waals surface area contributed by atoms with E-state index in [1.165, 1.54) is 22.3 Å². The monoisotopic (exact) mass is 472 g/mol. The molecule has 3 aromatic rings. The Morgan fingerprint density at radius 1 is 0.444 bits per heavy atom. The van der Waals surface area contributed by atoms with E-state index in [9.17, 15) is 0 Å². The van der Waals surface area contributed by atoms with Gasteiger partial charge in [0.15, 0.2) is 0 Å². The summed E-state index contributed by atoms with van der Waals surface area (Å²) in [7, 11) is 4.69. The summed E-state index contributed by atoms with van der Waals surface area (Å²) in [6.45, 7) is 0. The van der Waals surface area contributed by atoms with Gasteiger partial charge in [-0.3, -0.25) is 9.80 Å². The van der Waals surface area contributed by atoms with Gasteiger partial charge in [-0.25, -0.2) is 0 Å². The van der Waals surface area contributed by atoms with E-state index in [2.05, 4.69) is 84.6 Å². The molecule has 0 aromatic heterocycles. The molecular weight excluding hydrogens is 444 g/mol. The Balaban J connectivity index is 1.05. The van der Waals surface area contributed by atoms with Crippen molar-refractivity contribution >= 4 is 0 Å². The molecule has 0 spiro atoms. The van der Waals surface area contributed by atoms with Crippen LogP contribution in [0.5, 0.6) is 0 Å². The van der Waals surface area contributed by atoms with Crippen molar-refractivity contribution in [1.29, 1.82) is 0 Å². The first-order chi connectivity index (χ1) is 17.7. The van der Waals surface area contributed by atoms with E-state index in [1.54, 1.807) is 22.3 Å². The van der Waals surface area contributed by atoms with Crippen LogP contribution in [0.25, 0.3) is 0 Å². The number of fused-ring (bicyclic) bond motifs is 30. The minimum Gasteiger partial charge on any atom is -0.365 e. The molecule has 4 saturated heterocycles. The fourth-order valence-electron chi connectivity index (χ4n) is 11.0. The maximum Gasteiger partial charge on any atom is 0.0888 e. The van der Waals surface area contributed by atoms with Crippen LogP contribution in [0.3, 0.4) is 0 Å². The molecule has 0 radical (unpaired) electrons. The molecule has 4 fully saturated rings. The minimum absolute atomic E-state index is 0.226. The Morgan fingerprint density at radius 2 is 0.722 bits per heavy atom. The van der Waals surface area contributed by atoms with Crippen LogP contribution in [-0.4, -0.2) is 23.9 Å². The standard InChI is InChI=1S/C32H28N2O2/c1-33-25-13-7-3-4-8-14(13)26(33)22-21(25)29-17-11-19-20(12-18(17)30(22)35-29)32-24-23(31(19)36-32)27-15-9-5-6-10-16(15)28(24)34(27)2/h3-12,21-32H,1-2H3. The molecule has 8 aliphatic rings. The first-order valence-corrected chi connectivity index (χ1v) is 13.8. The van der Waals surface area contributed by atoms with Crippen LogP contribution in [0.4, 0.5) is 0 Å². The molecule has 8 bridgehead atoms. The van der Waals surface area contributed by atoms with E-state index in [0.29, 0.717) is 47.8 Å². The van der Waals surface area contributed by atoms with E-state index in [-0.39, 0.29) is 24.4 Å². The molecule has 4 nitrogen and oxygen atoms in total. The molecule has 3 aromatic carbocycles. The minimum atomic E-state index is 0.226. The van der Waals surface area contributed by atoms with E-state index >= 15 is 0 Å². The highest BCUT2D eigenvalue weighted by Gasteiger charge is 2.69. The molecule has 36 heavy (non-hydrogen) atoms. The number of nitrogens with zero attached hydrogens (tertiary/aromatic N) is 2. The molecule has 8 heterocycles. The van der Waals surface area contributed by atoms with Gasteiger partial charge in [0.1, 0.15) is 0 Å². The lowest BCUT2D eigenvalue weighted by molar-refractivity contribution is 0.0217. The summed E-state index contributed by atoms with van der Waals surface area (Å²) in [4.78, 5) is 5.31. The van der Waals surface area contributed by atoms with Crippen molar-refractivity contribution in [3.63, 3.8) is 0 Å². The Labute approximate surface area is 210 Å². The molecule has 0 aliphatic carbocycles. The van der Waals surface area contributed by atoms with E-state index in [1.807, 2.05) is 0 Å². The Hall–Kier alpha value is -2.50. The summed E-state index contributed by atoms with van der Waals surface area (Å²) in [6.07, 6.45) is 0.905. The van der Waals surface area contributed by atoms with Crippen molar-refractivity contribution in [2.45, 2.75) is 48.6 Å². The first-order valence-electron chi connectivity index (χ1n) is 13.8. The topological polar surface area (TPSA) is 24.9 Å². The summed E-state index contributed by atoms with van der Waals surface area (Å²) < 4.78 is 13.8. The average Bonchev–Trinajstić information content (AvgIpc) is 3.75. The van der Waals surface area contributed by atoms with Gasteiger partial charge in [0.2, 0.25) is 0 Å². The molecular formula is C32H28N2O2. The predicted molar refractivity (Wildman–Crippen MR) is 133 cm³/mol. The molecule has 11 rings (SSSR count). The highest BCUT2D eigenvalue weighted by molar-refractivity contribution is 5.56. The van der Waals surface area contributed by atoms with Gasteiger partial charge in [0, 0.05) is 47.8 Å². The highest BCUT2D eigenvalue weighted by atomic mass is 16.5. The molecule has 12 atom stereocenters. The molecule has 12 unspecified atom stereocenters. The first kappa shape index (κ1) is 18.7. The number of hydrogen-bond acceptors (Lipinski definition) is 4. The maximum atomic E-state index is 6.88. The smallest absolute Gasteiger partial charge is 0.0888 e. The Bertz CT molecular complexity index is 1330. The zero-order valence-corrected chi connectivity index (χ0v) is 20.4. The van der Waals surface area contributed by atoms with Crippen molar-refractivity contribution in [2.75, 3.05) is 14.1 Å². The van der Waals surface area contributed by atoms with Crippen LogP contribution in [0.1, 0.15) is 93.1 Å². The van der Waals surface area contributed by atoms with Crippen molar-refractivity contribution in [2.24, 2.45) is 23.7 Å². The van der Waals surface area contributed by atoms with E-state index in [4.69, 9.17) is 9.47 Å². The van der Waals surface area contributed by atoms with Crippen LogP contribution in [-0.2, 0) is 9.47 Å². The van der Waals surface area contributed by atoms with Gasteiger partial charge < -0.3 is 9.47 Å². The zero-order valence-electron chi connectivity index (χ0n) is 20.4. The Morgan fingerprint density at radius 3 is 1.00 bits per heavy atom. The fraction of sp³-hybridized carbons (Fsp3) is 0.438. The third-order valence-electron chi connectivity index (χ3n) is 11.9. The van der Waals surface area contributed by atoms with Gasteiger partial charge in [0.05, 0.1) is 24.4 Å². The Kier molecular flexibility index (Phi) is 2.94. The van der Waals surface area contributed by atoms with Gasteiger partial charge in [0.25, 0.3) is 0 Å². The fourth-order valence-corrected chi connectivity index (χ4v) is 11.0. The van der Waals surface area contributed by atoms with E-state index in [0.717, 1.165) is 0 Å². The van der Waals surface area contributed by atoms with Gasteiger partial charge in [-0.1, -0.05) is 48.5 Å². The van der Waals surface area contributed by atoms with Crippen LogP contribution in [0, 0.1) is 23.7 Å². The average molecular weight is 473 g/mol. The number of hydrogen-bond donors (Lipinski definition) is 0. The van der Waals surface area contributed by atoms with Crippen LogP contribution < -0.4 is 0 Å². The zero-order chi connectivity index (χ0) is 23.2. The summed E-state index contributed by atoms with van der Waals surface area (Å²) in [5.74, 6) is 2.27. The normalized spacial score (nSPS) is 46.7. The number of benzene rings is 3. The van der Waals surface area contributed by atoms with Gasteiger partial charge in [-0.15, -0.1) is 0 Å². The van der Waals surface area contributed by atoms with Gasteiger partial charge in [-0.05, 0) is 70.7 Å². The van der Waals surface area contributed by atoms with Gasteiger partial charge >= 0.3 is 0 Å². The van der Waals surface area contributed by atoms with Crippen LogP contribution in [0.2, 0.25) is 0 Å². The van der Waals surface area contributed by atoms with Crippen LogP contribution in [0.15, 0.2) is 60.7 Å². The second kappa shape index (κ2) is 5.66. The molecule has 8 aliphatic heterocycles.